The smallest absolute Gasteiger partial charge is 0.124 e. The number of alkyl halides is 1. The first kappa shape index (κ1) is 13.2. The van der Waals surface area contributed by atoms with Crippen LogP contribution >= 0.6 is 11.6 Å². The minimum atomic E-state index is 0.234. The van der Waals surface area contributed by atoms with Crippen LogP contribution in [0.15, 0.2) is 36.4 Å². The highest BCUT2D eigenvalue weighted by Crippen LogP contribution is 2.30. The van der Waals surface area contributed by atoms with E-state index in [0.29, 0.717) is 5.88 Å². The van der Waals surface area contributed by atoms with Gasteiger partial charge < -0.3 is 4.74 Å². The number of fused-ring (bicyclic) bond motifs is 1. The van der Waals surface area contributed by atoms with E-state index in [-0.39, 0.29) is 6.10 Å². The fourth-order valence-electron chi connectivity index (χ4n) is 2.25. The van der Waals surface area contributed by atoms with Crippen LogP contribution in [-0.4, -0.2) is 6.10 Å². The molecule has 0 bridgehead atoms. The van der Waals surface area contributed by atoms with E-state index < -0.39 is 0 Å². The van der Waals surface area contributed by atoms with Crippen LogP contribution in [0.5, 0.6) is 5.75 Å². The van der Waals surface area contributed by atoms with Gasteiger partial charge >= 0.3 is 0 Å². The fourth-order valence-corrected chi connectivity index (χ4v) is 2.52. The quantitative estimate of drug-likeness (QED) is 0.678. The van der Waals surface area contributed by atoms with Crippen molar-refractivity contribution in [1.29, 1.82) is 0 Å². The molecule has 0 saturated carbocycles. The number of hydrogen-bond acceptors (Lipinski definition) is 1. The molecule has 0 amide bonds. The second-order valence-corrected chi connectivity index (χ2v) is 4.88. The van der Waals surface area contributed by atoms with Gasteiger partial charge in [-0.1, -0.05) is 43.7 Å². The molecule has 0 aliphatic heterocycles. The van der Waals surface area contributed by atoms with Gasteiger partial charge in [0.25, 0.3) is 0 Å². The molecule has 2 aromatic rings. The number of rotatable bonds is 5. The predicted octanol–water partition coefficient (Wildman–Crippen LogP) is 5.15. The van der Waals surface area contributed by atoms with E-state index in [4.69, 9.17) is 16.3 Å². The maximum Gasteiger partial charge on any atom is 0.124 e. The highest BCUT2D eigenvalue weighted by atomic mass is 35.5. The molecule has 96 valence electrons. The average molecular weight is 263 g/mol. The van der Waals surface area contributed by atoms with Crippen LogP contribution in [0.4, 0.5) is 0 Å². The van der Waals surface area contributed by atoms with Gasteiger partial charge in [-0.05, 0) is 30.2 Å². The third-order valence-electron chi connectivity index (χ3n) is 3.15. The van der Waals surface area contributed by atoms with Gasteiger partial charge in [-0.3, -0.25) is 0 Å². The molecule has 0 N–H and O–H groups in total. The van der Waals surface area contributed by atoms with Gasteiger partial charge in [0.05, 0.1) is 12.0 Å². The largest absolute Gasteiger partial charge is 0.490 e. The van der Waals surface area contributed by atoms with Gasteiger partial charge in [-0.25, -0.2) is 0 Å². The Hall–Kier alpha value is -1.21. The molecule has 2 rings (SSSR count). The van der Waals surface area contributed by atoms with Crippen LogP contribution in [0, 0.1) is 0 Å². The molecule has 0 aliphatic carbocycles. The SMILES string of the molecule is CCCC(C)Oc1ccc2ccccc2c1CCl. The zero-order valence-electron chi connectivity index (χ0n) is 10.9. The minimum absolute atomic E-state index is 0.234. The van der Waals surface area contributed by atoms with Crippen molar-refractivity contribution in [3.63, 3.8) is 0 Å². The monoisotopic (exact) mass is 262 g/mol. The molecule has 2 aromatic carbocycles. The highest BCUT2D eigenvalue weighted by molar-refractivity contribution is 6.18. The number of hydrogen-bond donors (Lipinski definition) is 0. The minimum Gasteiger partial charge on any atom is -0.490 e. The fraction of sp³-hybridized carbons (Fsp3) is 0.375. The third-order valence-corrected chi connectivity index (χ3v) is 3.42. The van der Waals surface area contributed by atoms with Crippen molar-refractivity contribution in [1.82, 2.24) is 0 Å². The summed E-state index contributed by atoms with van der Waals surface area (Å²) >= 11 is 6.09. The molecule has 0 radical (unpaired) electrons. The molecule has 1 atom stereocenters. The summed E-state index contributed by atoms with van der Waals surface area (Å²) in [5, 5.41) is 2.40. The summed E-state index contributed by atoms with van der Waals surface area (Å²) in [5.74, 6) is 1.40. The van der Waals surface area contributed by atoms with Crippen molar-refractivity contribution in [2.24, 2.45) is 0 Å². The molecule has 0 spiro atoms. The van der Waals surface area contributed by atoms with E-state index in [0.717, 1.165) is 24.2 Å². The molecule has 0 fully saturated rings. The van der Waals surface area contributed by atoms with E-state index in [1.165, 1.54) is 10.8 Å². The Morgan fingerprint density at radius 2 is 1.94 bits per heavy atom. The van der Waals surface area contributed by atoms with Gasteiger partial charge in [0.15, 0.2) is 0 Å². The lowest BCUT2D eigenvalue weighted by Gasteiger charge is -2.17. The number of benzene rings is 2. The van der Waals surface area contributed by atoms with Crippen LogP contribution in [0.3, 0.4) is 0 Å². The Bertz CT molecular complexity index is 521. The van der Waals surface area contributed by atoms with Crippen LogP contribution in [0.1, 0.15) is 32.3 Å². The van der Waals surface area contributed by atoms with Crippen LogP contribution in [0.2, 0.25) is 0 Å². The zero-order valence-corrected chi connectivity index (χ0v) is 11.7. The summed E-state index contributed by atoms with van der Waals surface area (Å²) in [6.07, 6.45) is 2.43. The zero-order chi connectivity index (χ0) is 13.0. The summed E-state index contributed by atoms with van der Waals surface area (Å²) in [5.41, 5.74) is 1.10. The first-order chi connectivity index (χ1) is 8.76. The van der Waals surface area contributed by atoms with Crippen LogP contribution in [0.25, 0.3) is 10.8 Å². The standard InChI is InChI=1S/C16H19ClO/c1-3-6-12(2)18-16-10-9-13-7-4-5-8-14(13)15(16)11-17/h4-5,7-10,12H,3,6,11H2,1-2H3. The van der Waals surface area contributed by atoms with Gasteiger partial charge in [0, 0.05) is 5.56 Å². The molecular formula is C16H19ClO. The summed E-state index contributed by atoms with van der Waals surface area (Å²) in [7, 11) is 0. The summed E-state index contributed by atoms with van der Waals surface area (Å²) in [6, 6.07) is 12.4. The summed E-state index contributed by atoms with van der Waals surface area (Å²) < 4.78 is 6.00. The lowest BCUT2D eigenvalue weighted by Crippen LogP contribution is -2.12. The van der Waals surface area contributed by atoms with E-state index >= 15 is 0 Å². The number of halogens is 1. The Balaban J connectivity index is 2.38. The molecule has 18 heavy (non-hydrogen) atoms. The Morgan fingerprint density at radius 1 is 1.17 bits per heavy atom. The lowest BCUT2D eigenvalue weighted by molar-refractivity contribution is 0.209. The predicted molar refractivity (Wildman–Crippen MR) is 78.5 cm³/mol. The molecule has 2 heteroatoms. The highest BCUT2D eigenvalue weighted by Gasteiger charge is 2.10. The van der Waals surface area contributed by atoms with Crippen molar-refractivity contribution in [3.05, 3.63) is 42.0 Å². The third kappa shape index (κ3) is 2.78. The number of ether oxygens (including phenoxy) is 1. The lowest BCUT2D eigenvalue weighted by atomic mass is 10.0. The van der Waals surface area contributed by atoms with Gasteiger partial charge in [-0.2, -0.15) is 0 Å². The van der Waals surface area contributed by atoms with Gasteiger partial charge in [0.2, 0.25) is 0 Å². The van der Waals surface area contributed by atoms with E-state index in [9.17, 15) is 0 Å². The Kier molecular flexibility index (Phi) is 4.48. The summed E-state index contributed by atoms with van der Waals surface area (Å²) in [4.78, 5) is 0. The maximum atomic E-state index is 6.09. The summed E-state index contributed by atoms with van der Waals surface area (Å²) in [6.45, 7) is 4.28. The van der Waals surface area contributed by atoms with Crippen LogP contribution < -0.4 is 4.74 Å². The maximum absolute atomic E-state index is 6.09. The van der Waals surface area contributed by atoms with Gasteiger partial charge in [-0.15, -0.1) is 11.6 Å². The molecular weight excluding hydrogens is 244 g/mol. The Morgan fingerprint density at radius 3 is 2.67 bits per heavy atom. The van der Waals surface area contributed by atoms with Crippen molar-refractivity contribution < 1.29 is 4.74 Å². The molecule has 1 unspecified atom stereocenters. The Labute approximate surface area is 114 Å². The van der Waals surface area contributed by atoms with Crippen LogP contribution in [-0.2, 0) is 5.88 Å². The normalized spacial score (nSPS) is 12.6. The average Bonchev–Trinajstić information content (AvgIpc) is 2.38. The van der Waals surface area contributed by atoms with Crippen molar-refractivity contribution in [2.45, 2.75) is 38.7 Å². The first-order valence-corrected chi connectivity index (χ1v) is 7.03. The topological polar surface area (TPSA) is 9.23 Å². The van der Waals surface area contributed by atoms with Crippen molar-refractivity contribution in [3.8, 4) is 5.75 Å². The van der Waals surface area contributed by atoms with Crippen molar-refractivity contribution >= 4 is 22.4 Å². The van der Waals surface area contributed by atoms with Crippen molar-refractivity contribution in [2.75, 3.05) is 0 Å². The first-order valence-electron chi connectivity index (χ1n) is 6.49. The molecule has 0 aromatic heterocycles. The second-order valence-electron chi connectivity index (χ2n) is 4.61. The molecule has 0 heterocycles. The molecule has 1 nitrogen and oxygen atoms in total. The molecule has 0 saturated heterocycles. The molecule has 0 aliphatic rings. The van der Waals surface area contributed by atoms with Gasteiger partial charge in [0.1, 0.15) is 5.75 Å². The van der Waals surface area contributed by atoms with E-state index in [1.807, 2.05) is 18.2 Å². The van der Waals surface area contributed by atoms with E-state index in [2.05, 4.69) is 32.0 Å². The van der Waals surface area contributed by atoms with E-state index in [1.54, 1.807) is 0 Å². The second kappa shape index (κ2) is 6.10.